The van der Waals surface area contributed by atoms with Crippen LogP contribution in [0.1, 0.15) is 13.3 Å². The Hall–Kier alpha value is -0.540. The predicted octanol–water partition coefficient (Wildman–Crippen LogP) is 0.844. The van der Waals surface area contributed by atoms with Gasteiger partial charge < -0.3 is 14.9 Å². The number of aliphatic hydroxyl groups is 2. The van der Waals surface area contributed by atoms with Crippen molar-refractivity contribution in [3.05, 3.63) is 11.8 Å². The highest BCUT2D eigenvalue weighted by Crippen LogP contribution is 2.24. The van der Waals surface area contributed by atoms with Crippen LogP contribution in [0.5, 0.6) is 0 Å². The van der Waals surface area contributed by atoms with Crippen LogP contribution >= 0.6 is 0 Å². The molecule has 0 aromatic rings. The van der Waals surface area contributed by atoms with Crippen LogP contribution in [-0.4, -0.2) is 29.5 Å². The lowest BCUT2D eigenvalue weighted by Crippen LogP contribution is -2.35. The second-order valence-electron chi connectivity index (χ2n) is 2.94. The maximum atomic E-state index is 9.35. The van der Waals surface area contributed by atoms with Gasteiger partial charge >= 0.3 is 0 Å². The Balaban J connectivity index is 2.68. The molecule has 0 aliphatic heterocycles. The van der Waals surface area contributed by atoms with Crippen molar-refractivity contribution in [3.63, 3.8) is 0 Å². The summed E-state index contributed by atoms with van der Waals surface area (Å²) in [6, 6.07) is 0. The van der Waals surface area contributed by atoms with Crippen LogP contribution < -0.4 is 0 Å². The third-order valence-electron chi connectivity index (χ3n) is 2.25. The second kappa shape index (κ2) is 3.24. The first kappa shape index (κ1) is 8.56. The van der Waals surface area contributed by atoms with Crippen molar-refractivity contribution in [2.45, 2.75) is 25.6 Å². The molecule has 2 N–H and O–H groups in total. The number of methoxy groups -OCH3 is 1. The molecule has 3 heteroatoms. The van der Waals surface area contributed by atoms with E-state index in [0.29, 0.717) is 6.42 Å². The number of ether oxygens (including phenoxy) is 1. The minimum atomic E-state index is -0.756. The molecule has 0 bridgehead atoms. The fourth-order valence-electron chi connectivity index (χ4n) is 1.36. The molecule has 3 unspecified atom stereocenters. The van der Waals surface area contributed by atoms with Crippen LogP contribution in [0.15, 0.2) is 11.8 Å². The summed E-state index contributed by atoms with van der Waals surface area (Å²) in [4.78, 5) is 0. The van der Waals surface area contributed by atoms with Gasteiger partial charge in [-0.15, -0.1) is 0 Å². The molecule has 3 atom stereocenters. The summed E-state index contributed by atoms with van der Waals surface area (Å²) >= 11 is 0. The minimum absolute atomic E-state index is 0.0231. The number of hydrogen-bond donors (Lipinski definition) is 2. The second-order valence-corrected chi connectivity index (χ2v) is 2.94. The third kappa shape index (κ3) is 1.54. The summed E-state index contributed by atoms with van der Waals surface area (Å²) in [5.74, 6) is 0.0517. The van der Waals surface area contributed by atoms with Crippen LogP contribution in [0.3, 0.4) is 0 Å². The largest absolute Gasteiger partial charge is 0.510 e. The van der Waals surface area contributed by atoms with Crippen LogP contribution in [-0.2, 0) is 4.74 Å². The average molecular weight is 158 g/mol. The number of aliphatic hydroxyl groups excluding tert-OH is 2. The number of rotatable bonds is 1. The lowest BCUT2D eigenvalue weighted by molar-refractivity contribution is -0.0151. The van der Waals surface area contributed by atoms with Gasteiger partial charge in [0.2, 0.25) is 0 Å². The molecule has 0 aromatic carbocycles. The van der Waals surface area contributed by atoms with Crippen molar-refractivity contribution in [2.24, 2.45) is 5.92 Å². The molecule has 11 heavy (non-hydrogen) atoms. The molecule has 3 nitrogen and oxygen atoms in total. The Kier molecular flexibility index (Phi) is 2.52. The van der Waals surface area contributed by atoms with Crippen molar-refractivity contribution < 1.29 is 14.9 Å². The molecule has 0 amide bonds. The quantitative estimate of drug-likeness (QED) is 0.594. The summed E-state index contributed by atoms with van der Waals surface area (Å²) in [5, 5.41) is 18.5. The minimum Gasteiger partial charge on any atom is -0.510 e. The fraction of sp³-hybridized carbons (Fsp3) is 0.750. The molecule has 0 spiro atoms. The van der Waals surface area contributed by atoms with Crippen molar-refractivity contribution in [1.82, 2.24) is 0 Å². The molecule has 1 aliphatic carbocycles. The number of hydrogen-bond acceptors (Lipinski definition) is 3. The molecular weight excluding hydrogens is 144 g/mol. The van der Waals surface area contributed by atoms with Gasteiger partial charge in [-0.3, -0.25) is 0 Å². The van der Waals surface area contributed by atoms with Gasteiger partial charge in [-0.1, -0.05) is 6.92 Å². The maximum Gasteiger partial charge on any atom is 0.117 e. The van der Waals surface area contributed by atoms with Crippen molar-refractivity contribution in [1.29, 1.82) is 0 Å². The summed E-state index contributed by atoms with van der Waals surface area (Å²) in [6.07, 6.45) is 1.56. The molecule has 0 fully saturated rings. The molecule has 0 saturated carbocycles. The molecule has 64 valence electrons. The van der Waals surface area contributed by atoms with Crippen molar-refractivity contribution >= 4 is 0 Å². The van der Waals surface area contributed by atoms with Gasteiger partial charge in [0.1, 0.15) is 11.9 Å². The first-order valence-corrected chi connectivity index (χ1v) is 3.76. The molecule has 1 rings (SSSR count). The van der Waals surface area contributed by atoms with E-state index in [1.807, 2.05) is 6.92 Å². The topological polar surface area (TPSA) is 49.7 Å². The Bertz CT molecular complexity index is 165. The first-order valence-electron chi connectivity index (χ1n) is 3.76. The summed E-state index contributed by atoms with van der Waals surface area (Å²) in [7, 11) is 1.62. The Morgan fingerprint density at radius 3 is 2.82 bits per heavy atom. The zero-order valence-corrected chi connectivity index (χ0v) is 6.82. The van der Waals surface area contributed by atoms with E-state index in [1.165, 1.54) is 0 Å². The zero-order chi connectivity index (χ0) is 8.43. The van der Waals surface area contributed by atoms with Gasteiger partial charge in [-0.05, 0) is 12.5 Å². The predicted molar refractivity (Wildman–Crippen MR) is 41.3 cm³/mol. The molecule has 0 radical (unpaired) electrons. The van der Waals surface area contributed by atoms with Gasteiger partial charge in [0.15, 0.2) is 0 Å². The van der Waals surface area contributed by atoms with Crippen LogP contribution in [0.4, 0.5) is 0 Å². The van der Waals surface area contributed by atoms with Crippen LogP contribution in [0, 0.1) is 5.92 Å². The van der Waals surface area contributed by atoms with Crippen molar-refractivity contribution in [3.8, 4) is 0 Å². The van der Waals surface area contributed by atoms with E-state index in [2.05, 4.69) is 0 Å². The van der Waals surface area contributed by atoms with Gasteiger partial charge in [-0.25, -0.2) is 0 Å². The molecule has 0 heterocycles. The SMILES string of the molecule is COC1CC=C(O)C(O)C1C. The van der Waals surface area contributed by atoms with Crippen LogP contribution in [0.25, 0.3) is 0 Å². The van der Waals surface area contributed by atoms with Gasteiger partial charge in [0, 0.05) is 13.0 Å². The van der Waals surface area contributed by atoms with Gasteiger partial charge in [0.05, 0.1) is 6.10 Å². The highest BCUT2D eigenvalue weighted by atomic mass is 16.5. The lowest BCUT2D eigenvalue weighted by atomic mass is 9.89. The summed E-state index contributed by atoms with van der Waals surface area (Å²) < 4.78 is 5.11. The van der Waals surface area contributed by atoms with Crippen LogP contribution in [0.2, 0.25) is 0 Å². The summed E-state index contributed by atoms with van der Waals surface area (Å²) in [5.41, 5.74) is 0. The summed E-state index contributed by atoms with van der Waals surface area (Å²) in [6.45, 7) is 1.86. The third-order valence-corrected chi connectivity index (χ3v) is 2.25. The molecule has 1 aliphatic rings. The zero-order valence-electron chi connectivity index (χ0n) is 6.82. The fourth-order valence-corrected chi connectivity index (χ4v) is 1.36. The van der Waals surface area contributed by atoms with Gasteiger partial charge in [0.25, 0.3) is 0 Å². The highest BCUT2D eigenvalue weighted by molar-refractivity contribution is 5.07. The first-order chi connectivity index (χ1) is 5.16. The molecular formula is C8H14O3. The van der Waals surface area contributed by atoms with E-state index < -0.39 is 6.10 Å². The Morgan fingerprint density at radius 1 is 1.64 bits per heavy atom. The standard InChI is InChI=1S/C8H14O3/c1-5-7(11-2)4-3-6(9)8(5)10/h3,5,7-10H,4H2,1-2H3. The van der Waals surface area contributed by atoms with E-state index in [9.17, 15) is 5.11 Å². The smallest absolute Gasteiger partial charge is 0.117 e. The normalized spacial score (nSPS) is 38.5. The van der Waals surface area contributed by atoms with E-state index >= 15 is 0 Å². The van der Waals surface area contributed by atoms with E-state index in [4.69, 9.17) is 9.84 Å². The van der Waals surface area contributed by atoms with Crippen molar-refractivity contribution in [2.75, 3.05) is 7.11 Å². The molecule has 0 aromatic heterocycles. The maximum absolute atomic E-state index is 9.35. The monoisotopic (exact) mass is 158 g/mol. The Morgan fingerprint density at radius 2 is 2.27 bits per heavy atom. The lowest BCUT2D eigenvalue weighted by Gasteiger charge is -2.29. The van der Waals surface area contributed by atoms with E-state index in [0.717, 1.165) is 0 Å². The molecule has 0 saturated heterocycles. The van der Waals surface area contributed by atoms with Gasteiger partial charge in [-0.2, -0.15) is 0 Å². The average Bonchev–Trinajstić information content (AvgIpc) is 2.01. The van der Waals surface area contributed by atoms with E-state index in [-0.39, 0.29) is 17.8 Å². The highest BCUT2D eigenvalue weighted by Gasteiger charge is 2.30. The Labute approximate surface area is 66.3 Å². The van der Waals surface area contributed by atoms with E-state index in [1.54, 1.807) is 13.2 Å².